The molecule has 0 radical (unpaired) electrons. The summed E-state index contributed by atoms with van der Waals surface area (Å²) in [5.74, 6) is 0.610. The van der Waals surface area contributed by atoms with E-state index in [-0.39, 0.29) is 12.1 Å². The number of amides is 1. The van der Waals surface area contributed by atoms with Crippen LogP contribution in [0.2, 0.25) is 5.15 Å². The van der Waals surface area contributed by atoms with Crippen LogP contribution < -0.4 is 4.74 Å². The number of pyridine rings is 1. The number of nitrogens with zero attached hydrogens (tertiary/aromatic N) is 2. The van der Waals surface area contributed by atoms with Crippen molar-refractivity contribution >= 4 is 17.7 Å². The molecule has 1 rings (SSSR count). The van der Waals surface area contributed by atoms with Gasteiger partial charge >= 0.3 is 6.09 Å². The van der Waals surface area contributed by atoms with Gasteiger partial charge in [0.25, 0.3) is 0 Å². The zero-order valence-corrected chi connectivity index (χ0v) is 13.3. The van der Waals surface area contributed by atoms with Crippen molar-refractivity contribution in [1.82, 2.24) is 9.88 Å². The van der Waals surface area contributed by atoms with E-state index in [1.807, 2.05) is 27.7 Å². The molecular weight excluding hydrogens is 280 g/mol. The van der Waals surface area contributed by atoms with Gasteiger partial charge in [0, 0.05) is 7.05 Å². The molecule has 5 nitrogen and oxygen atoms in total. The molecule has 0 N–H and O–H groups in total. The van der Waals surface area contributed by atoms with E-state index in [1.54, 1.807) is 25.4 Å². The van der Waals surface area contributed by atoms with Gasteiger partial charge in [0.15, 0.2) is 0 Å². The van der Waals surface area contributed by atoms with Crippen LogP contribution >= 0.6 is 11.6 Å². The Morgan fingerprint density at radius 3 is 2.60 bits per heavy atom. The highest BCUT2D eigenvalue weighted by Crippen LogP contribution is 2.14. The summed E-state index contributed by atoms with van der Waals surface area (Å²) in [6.07, 6.45) is 1.17. The number of carbonyl (C=O) groups is 1. The molecule has 0 saturated carbocycles. The largest absolute Gasteiger partial charge is 0.490 e. The summed E-state index contributed by atoms with van der Waals surface area (Å²) in [4.78, 5) is 17.3. The number of hydrogen-bond donors (Lipinski definition) is 0. The molecule has 1 aromatic heterocycles. The predicted molar refractivity (Wildman–Crippen MR) is 78.2 cm³/mol. The van der Waals surface area contributed by atoms with E-state index >= 15 is 0 Å². The standard InChI is InChI=1S/C14H21ClN2O3/c1-10(17(5)13(18)20-14(2,3)4)9-19-11-6-7-12(15)16-8-11/h6-8,10H,9H2,1-5H3. The van der Waals surface area contributed by atoms with Crippen LogP contribution in [0.25, 0.3) is 0 Å². The van der Waals surface area contributed by atoms with Crippen LogP contribution in [0.15, 0.2) is 18.3 Å². The highest BCUT2D eigenvalue weighted by Gasteiger charge is 2.23. The van der Waals surface area contributed by atoms with E-state index in [1.165, 1.54) is 4.90 Å². The fraction of sp³-hybridized carbons (Fsp3) is 0.571. The topological polar surface area (TPSA) is 51.7 Å². The van der Waals surface area contributed by atoms with Crippen molar-refractivity contribution in [3.63, 3.8) is 0 Å². The molecule has 0 aliphatic rings. The lowest BCUT2D eigenvalue weighted by Gasteiger charge is -2.28. The van der Waals surface area contributed by atoms with Gasteiger partial charge in [0.05, 0.1) is 12.2 Å². The Hall–Kier alpha value is -1.49. The molecular formula is C14H21ClN2O3. The smallest absolute Gasteiger partial charge is 0.410 e. The van der Waals surface area contributed by atoms with Crippen LogP contribution in [0.5, 0.6) is 5.75 Å². The van der Waals surface area contributed by atoms with Crippen LogP contribution in [-0.4, -0.2) is 41.3 Å². The molecule has 0 aliphatic carbocycles. The first-order valence-corrected chi connectivity index (χ1v) is 6.77. The SMILES string of the molecule is CC(COc1ccc(Cl)nc1)N(C)C(=O)OC(C)(C)C. The van der Waals surface area contributed by atoms with Crippen molar-refractivity contribution in [1.29, 1.82) is 0 Å². The van der Waals surface area contributed by atoms with Gasteiger partial charge < -0.3 is 14.4 Å². The number of aromatic nitrogens is 1. The first-order chi connectivity index (χ1) is 9.19. The molecule has 0 aromatic carbocycles. The van der Waals surface area contributed by atoms with E-state index in [0.29, 0.717) is 17.5 Å². The first kappa shape index (κ1) is 16.6. The highest BCUT2D eigenvalue weighted by molar-refractivity contribution is 6.29. The summed E-state index contributed by atoms with van der Waals surface area (Å²) in [7, 11) is 1.68. The summed E-state index contributed by atoms with van der Waals surface area (Å²) < 4.78 is 10.8. The van der Waals surface area contributed by atoms with Crippen molar-refractivity contribution < 1.29 is 14.3 Å². The summed E-state index contributed by atoms with van der Waals surface area (Å²) in [5, 5.41) is 0.413. The Morgan fingerprint density at radius 2 is 2.10 bits per heavy atom. The third-order valence-corrected chi connectivity index (χ3v) is 2.76. The van der Waals surface area contributed by atoms with Crippen molar-refractivity contribution in [3.05, 3.63) is 23.5 Å². The fourth-order valence-corrected chi connectivity index (χ4v) is 1.40. The molecule has 6 heteroatoms. The second-order valence-electron chi connectivity index (χ2n) is 5.57. The summed E-state index contributed by atoms with van der Waals surface area (Å²) in [5.41, 5.74) is -0.508. The van der Waals surface area contributed by atoms with Gasteiger partial charge in [-0.2, -0.15) is 0 Å². The Morgan fingerprint density at radius 1 is 1.45 bits per heavy atom. The van der Waals surface area contributed by atoms with Gasteiger partial charge in [-0.3, -0.25) is 0 Å². The summed E-state index contributed by atoms with van der Waals surface area (Å²) in [6.45, 7) is 7.73. The van der Waals surface area contributed by atoms with Crippen molar-refractivity contribution in [2.75, 3.05) is 13.7 Å². The second kappa shape index (κ2) is 6.79. The molecule has 1 aromatic rings. The molecule has 1 amide bonds. The van der Waals surface area contributed by atoms with Gasteiger partial charge in [-0.05, 0) is 39.8 Å². The molecule has 1 unspecified atom stereocenters. The van der Waals surface area contributed by atoms with Gasteiger partial charge in [0.1, 0.15) is 23.1 Å². The molecule has 0 aliphatic heterocycles. The van der Waals surface area contributed by atoms with Gasteiger partial charge in [0.2, 0.25) is 0 Å². The normalized spacial score (nSPS) is 12.7. The highest BCUT2D eigenvalue weighted by atomic mass is 35.5. The minimum atomic E-state index is -0.508. The Balaban J connectivity index is 2.47. The molecule has 1 atom stereocenters. The lowest BCUT2D eigenvalue weighted by atomic mass is 10.2. The summed E-state index contributed by atoms with van der Waals surface area (Å²) >= 11 is 5.69. The van der Waals surface area contributed by atoms with Crippen LogP contribution in [-0.2, 0) is 4.74 Å². The number of ether oxygens (including phenoxy) is 2. The fourth-order valence-electron chi connectivity index (χ4n) is 1.29. The van der Waals surface area contributed by atoms with Crippen molar-refractivity contribution in [2.24, 2.45) is 0 Å². The second-order valence-corrected chi connectivity index (χ2v) is 5.96. The zero-order valence-electron chi connectivity index (χ0n) is 12.5. The van der Waals surface area contributed by atoms with E-state index in [0.717, 1.165) is 0 Å². The lowest BCUT2D eigenvalue weighted by molar-refractivity contribution is 0.0195. The van der Waals surface area contributed by atoms with Crippen LogP contribution in [0.3, 0.4) is 0 Å². The monoisotopic (exact) mass is 300 g/mol. The average Bonchev–Trinajstić information content (AvgIpc) is 2.34. The molecule has 0 bridgehead atoms. The number of rotatable bonds is 4. The third-order valence-electron chi connectivity index (χ3n) is 2.53. The quantitative estimate of drug-likeness (QED) is 0.800. The minimum absolute atomic E-state index is 0.125. The van der Waals surface area contributed by atoms with Crippen LogP contribution in [0, 0.1) is 0 Å². The number of likely N-dealkylation sites (N-methyl/N-ethyl adjacent to an activating group) is 1. The van der Waals surface area contributed by atoms with Crippen LogP contribution in [0.1, 0.15) is 27.7 Å². The number of halogens is 1. The molecule has 112 valence electrons. The predicted octanol–water partition coefficient (Wildman–Crippen LogP) is 3.37. The Labute approximate surface area is 124 Å². The number of hydrogen-bond acceptors (Lipinski definition) is 4. The molecule has 20 heavy (non-hydrogen) atoms. The average molecular weight is 301 g/mol. The Bertz CT molecular complexity index is 443. The molecule has 0 fully saturated rings. The van der Waals surface area contributed by atoms with Crippen molar-refractivity contribution in [3.8, 4) is 5.75 Å². The van der Waals surface area contributed by atoms with E-state index in [9.17, 15) is 4.79 Å². The zero-order chi connectivity index (χ0) is 15.3. The maximum atomic E-state index is 11.9. The summed E-state index contributed by atoms with van der Waals surface area (Å²) in [6, 6.07) is 3.26. The molecule has 0 spiro atoms. The van der Waals surface area contributed by atoms with E-state index < -0.39 is 5.60 Å². The molecule has 1 heterocycles. The first-order valence-electron chi connectivity index (χ1n) is 6.39. The third kappa shape index (κ3) is 5.65. The van der Waals surface area contributed by atoms with E-state index in [4.69, 9.17) is 21.1 Å². The number of carbonyl (C=O) groups excluding carboxylic acids is 1. The minimum Gasteiger partial charge on any atom is -0.490 e. The van der Waals surface area contributed by atoms with Crippen LogP contribution in [0.4, 0.5) is 4.79 Å². The van der Waals surface area contributed by atoms with Gasteiger partial charge in [-0.25, -0.2) is 9.78 Å². The van der Waals surface area contributed by atoms with Crippen molar-refractivity contribution in [2.45, 2.75) is 39.3 Å². The van der Waals surface area contributed by atoms with E-state index in [2.05, 4.69) is 4.98 Å². The lowest BCUT2D eigenvalue weighted by Crippen LogP contribution is -2.42. The maximum Gasteiger partial charge on any atom is 0.410 e. The van der Waals surface area contributed by atoms with Gasteiger partial charge in [-0.1, -0.05) is 11.6 Å². The molecule has 0 saturated heterocycles. The van der Waals surface area contributed by atoms with Gasteiger partial charge in [-0.15, -0.1) is 0 Å². The maximum absolute atomic E-state index is 11.9. The Kier molecular flexibility index (Phi) is 5.62.